The van der Waals surface area contributed by atoms with Crippen LogP contribution in [0.5, 0.6) is 0 Å². The Hall–Kier alpha value is -3.93. The van der Waals surface area contributed by atoms with Gasteiger partial charge in [-0.1, -0.05) is 87.4 Å². The van der Waals surface area contributed by atoms with Crippen molar-refractivity contribution in [2.75, 3.05) is 41.8 Å². The molecule has 0 spiro atoms. The number of benzene rings is 1. The summed E-state index contributed by atoms with van der Waals surface area (Å²) in [4.78, 5) is 79.1. The largest absolute Gasteiger partial charge is 0.361 e. The molecule has 0 aliphatic rings. The number of aromatic nitrogens is 1. The highest BCUT2D eigenvalue weighted by Gasteiger charge is 2.43. The second-order valence-corrected chi connectivity index (χ2v) is 16.0. The quantitative estimate of drug-likeness (QED) is 0.213. The van der Waals surface area contributed by atoms with Crippen LogP contribution in [0.4, 0.5) is 0 Å². The number of H-pyrrole nitrogens is 1. The number of carbonyl (C=O) groups is 5. The smallest absolute Gasteiger partial charge is 0.246 e. The van der Waals surface area contributed by atoms with Crippen molar-refractivity contribution in [2.45, 2.75) is 106 Å². The van der Waals surface area contributed by atoms with Crippen LogP contribution in [0.3, 0.4) is 0 Å². The van der Waals surface area contributed by atoms with E-state index in [1.165, 1.54) is 19.6 Å². The number of hydrogen-bond acceptors (Lipinski definition) is 6. The van der Waals surface area contributed by atoms with Crippen molar-refractivity contribution in [2.24, 2.45) is 29.6 Å². The number of hydrogen-bond donors (Lipinski definition) is 3. The van der Waals surface area contributed by atoms with Crippen molar-refractivity contribution in [3.05, 3.63) is 36.0 Å². The third kappa shape index (κ3) is 10.1. The van der Waals surface area contributed by atoms with Crippen molar-refractivity contribution in [1.29, 1.82) is 0 Å². The van der Waals surface area contributed by atoms with E-state index in [2.05, 4.69) is 15.6 Å². The summed E-state index contributed by atoms with van der Waals surface area (Å²) in [6.07, 6.45) is 2.58. The van der Waals surface area contributed by atoms with Gasteiger partial charge in [0.2, 0.25) is 29.5 Å². The Labute approximate surface area is 312 Å². The minimum atomic E-state index is -0.902. The summed E-state index contributed by atoms with van der Waals surface area (Å²) >= 11 is 0. The molecule has 5 amide bonds. The van der Waals surface area contributed by atoms with Crippen molar-refractivity contribution in [1.82, 2.24) is 35.2 Å². The van der Waals surface area contributed by atoms with Gasteiger partial charge in [0.25, 0.3) is 0 Å². The molecule has 2 aromatic rings. The van der Waals surface area contributed by atoms with E-state index in [0.717, 1.165) is 16.5 Å². The molecule has 1 aromatic heterocycles. The molecule has 52 heavy (non-hydrogen) atoms. The Morgan fingerprint density at radius 3 is 1.40 bits per heavy atom. The zero-order chi connectivity index (χ0) is 39.8. The summed E-state index contributed by atoms with van der Waals surface area (Å²) in [6, 6.07) is 4.18. The third-order valence-corrected chi connectivity index (χ3v) is 10.2. The molecular formula is C40H67N7O5. The van der Waals surface area contributed by atoms with E-state index in [4.69, 9.17) is 0 Å². The van der Waals surface area contributed by atoms with Crippen LogP contribution >= 0.6 is 0 Å². The van der Waals surface area contributed by atoms with Gasteiger partial charge in [-0.15, -0.1) is 0 Å². The number of para-hydroxylation sites is 1. The first-order valence-corrected chi connectivity index (χ1v) is 18.8. The second kappa shape index (κ2) is 19.2. The molecule has 0 aliphatic heterocycles. The Bertz CT molecular complexity index is 1520. The Balaban J connectivity index is 2.30. The van der Waals surface area contributed by atoms with E-state index in [0.29, 0.717) is 13.0 Å². The number of aromatic amines is 1. The average Bonchev–Trinajstić information content (AvgIpc) is 3.46. The molecule has 1 aromatic carbocycles. The molecule has 0 bridgehead atoms. The zero-order valence-corrected chi connectivity index (χ0v) is 34.4. The highest BCUT2D eigenvalue weighted by atomic mass is 16.2. The minimum Gasteiger partial charge on any atom is -0.361 e. The fourth-order valence-corrected chi connectivity index (χ4v) is 7.52. The van der Waals surface area contributed by atoms with Crippen molar-refractivity contribution >= 4 is 40.4 Å². The molecule has 5 atom stereocenters. The molecule has 0 fully saturated rings. The second-order valence-electron chi connectivity index (χ2n) is 16.0. The van der Waals surface area contributed by atoms with Crippen LogP contribution < -0.4 is 10.6 Å². The zero-order valence-electron chi connectivity index (χ0n) is 34.4. The first kappa shape index (κ1) is 44.2. The SMILES string of the molecule is CN[C@H](C(=O)N(C)[C@H](C(=O)N(C)[C@H](C(=O)N(C)[C@H](C(=O)N(C)[C@H](C(=O)NCCc1c[nH]c2ccccc12)C(C)C)C(C)C)C(C)C)C(C)C)C(C)C. The first-order chi connectivity index (χ1) is 24.2. The van der Waals surface area contributed by atoms with E-state index in [1.807, 2.05) is 99.7 Å². The van der Waals surface area contributed by atoms with Crippen molar-refractivity contribution in [3.8, 4) is 0 Å². The lowest BCUT2D eigenvalue weighted by atomic mass is 9.93. The molecule has 0 saturated carbocycles. The highest BCUT2D eigenvalue weighted by Crippen LogP contribution is 2.24. The van der Waals surface area contributed by atoms with Gasteiger partial charge in [-0.3, -0.25) is 24.0 Å². The summed E-state index contributed by atoms with van der Waals surface area (Å²) in [5, 5.41) is 7.21. The topological polar surface area (TPSA) is 138 Å². The number of rotatable bonds is 18. The fraction of sp³-hybridized carbons (Fsp3) is 0.675. The molecular weight excluding hydrogens is 658 g/mol. The van der Waals surface area contributed by atoms with Gasteiger partial charge in [-0.25, -0.2) is 0 Å². The fourth-order valence-electron chi connectivity index (χ4n) is 7.52. The van der Waals surface area contributed by atoms with Gasteiger partial charge in [0.05, 0.1) is 6.04 Å². The van der Waals surface area contributed by atoms with Crippen LogP contribution in [0.2, 0.25) is 0 Å². The van der Waals surface area contributed by atoms with Crippen LogP contribution in [0.25, 0.3) is 10.9 Å². The van der Waals surface area contributed by atoms with E-state index in [-0.39, 0.29) is 59.1 Å². The van der Waals surface area contributed by atoms with Gasteiger partial charge in [-0.2, -0.15) is 0 Å². The monoisotopic (exact) mass is 726 g/mol. The summed E-state index contributed by atoms with van der Waals surface area (Å²) in [5.74, 6) is -2.56. The molecule has 292 valence electrons. The summed E-state index contributed by atoms with van der Waals surface area (Å²) in [5.41, 5.74) is 2.13. The van der Waals surface area contributed by atoms with Gasteiger partial charge in [0, 0.05) is 51.8 Å². The predicted molar refractivity (Wildman–Crippen MR) is 208 cm³/mol. The van der Waals surface area contributed by atoms with Crippen LogP contribution in [0, 0.1) is 29.6 Å². The van der Waals surface area contributed by atoms with Crippen molar-refractivity contribution < 1.29 is 24.0 Å². The molecule has 1 heterocycles. The normalized spacial score (nSPS) is 14.8. The highest BCUT2D eigenvalue weighted by molar-refractivity contribution is 5.96. The van der Waals surface area contributed by atoms with Crippen LogP contribution in [-0.2, 0) is 30.4 Å². The van der Waals surface area contributed by atoms with Crippen LogP contribution in [0.15, 0.2) is 30.5 Å². The lowest BCUT2D eigenvalue weighted by Crippen LogP contribution is -2.62. The predicted octanol–water partition coefficient (Wildman–Crippen LogP) is 4.00. The summed E-state index contributed by atoms with van der Waals surface area (Å²) in [6.45, 7) is 19.3. The number of nitrogens with zero attached hydrogens (tertiary/aromatic N) is 4. The molecule has 0 unspecified atom stereocenters. The number of fused-ring (bicyclic) bond motifs is 1. The van der Waals surface area contributed by atoms with E-state index >= 15 is 0 Å². The minimum absolute atomic E-state index is 0.00883. The number of nitrogens with one attached hydrogen (secondary N) is 3. The maximum Gasteiger partial charge on any atom is 0.246 e. The average molecular weight is 726 g/mol. The van der Waals surface area contributed by atoms with Crippen molar-refractivity contribution in [3.63, 3.8) is 0 Å². The van der Waals surface area contributed by atoms with Crippen LogP contribution in [0.1, 0.15) is 74.8 Å². The number of amides is 5. The molecule has 2 rings (SSSR count). The number of likely N-dealkylation sites (N-methyl/N-ethyl adjacent to an activating group) is 5. The van der Waals surface area contributed by atoms with Gasteiger partial charge >= 0.3 is 0 Å². The first-order valence-electron chi connectivity index (χ1n) is 18.8. The van der Waals surface area contributed by atoms with Gasteiger partial charge < -0.3 is 35.2 Å². The summed E-state index contributed by atoms with van der Waals surface area (Å²) in [7, 11) is 8.16. The third-order valence-electron chi connectivity index (χ3n) is 10.2. The molecule has 12 heteroatoms. The molecule has 3 N–H and O–H groups in total. The maximum atomic E-state index is 14.4. The Kier molecular flexibility index (Phi) is 16.4. The molecule has 0 radical (unpaired) electrons. The van der Waals surface area contributed by atoms with Gasteiger partial charge in [0.1, 0.15) is 24.2 Å². The van der Waals surface area contributed by atoms with E-state index in [9.17, 15) is 24.0 Å². The molecule has 12 nitrogen and oxygen atoms in total. The standard InChI is InChI=1S/C40H67N7O5/c1-23(2)31(41-11)37(49)45(13)33(25(5)6)39(51)47(15)35(27(9)10)40(52)46(14)34(26(7)8)38(50)44(12)32(24(3)4)36(48)42-21-20-28-22-43-30-19-17-16-18-29(28)30/h16-19,22-27,31-35,41,43H,20-21H2,1-15H3,(H,42,48)/t31-,32-,33-,34-,35-/m0/s1. The van der Waals surface area contributed by atoms with Gasteiger partial charge in [-0.05, 0) is 54.7 Å². The lowest BCUT2D eigenvalue weighted by molar-refractivity contribution is -0.157. The molecule has 0 saturated heterocycles. The van der Waals surface area contributed by atoms with E-state index < -0.39 is 30.2 Å². The van der Waals surface area contributed by atoms with Crippen LogP contribution in [-0.4, -0.2) is 126 Å². The van der Waals surface area contributed by atoms with E-state index in [1.54, 1.807) is 35.2 Å². The lowest BCUT2D eigenvalue weighted by Gasteiger charge is -2.42. The Morgan fingerprint density at radius 2 is 1.00 bits per heavy atom. The molecule has 0 aliphatic carbocycles. The maximum absolute atomic E-state index is 14.4. The van der Waals surface area contributed by atoms with Gasteiger partial charge in [0.15, 0.2) is 0 Å². The Morgan fingerprint density at radius 1 is 0.596 bits per heavy atom. The summed E-state index contributed by atoms with van der Waals surface area (Å²) < 4.78 is 0. The number of carbonyl (C=O) groups excluding carboxylic acids is 5.